The van der Waals surface area contributed by atoms with E-state index < -0.39 is 0 Å². The van der Waals surface area contributed by atoms with Crippen molar-refractivity contribution in [3.63, 3.8) is 0 Å². The minimum atomic E-state index is -0.281. The number of hydrogen-bond donors (Lipinski definition) is 1. The summed E-state index contributed by atoms with van der Waals surface area (Å²) in [4.78, 5) is 27.0. The Labute approximate surface area is 193 Å². The minimum absolute atomic E-state index is 0.0895. The molecular formula is C25H30N4O4. The third-order valence-electron chi connectivity index (χ3n) is 6.43. The van der Waals surface area contributed by atoms with E-state index in [-0.39, 0.29) is 30.3 Å². The van der Waals surface area contributed by atoms with Crippen LogP contribution in [0.5, 0.6) is 11.5 Å². The van der Waals surface area contributed by atoms with Crippen LogP contribution in [0.2, 0.25) is 0 Å². The molecule has 174 valence electrons. The SMILES string of the molecule is COc1ccccc1C1=NN(C(=O)CN2CCC(C(N)=O)CC2)C(c2ccccc2OC)C1. The predicted octanol–water partition coefficient (Wildman–Crippen LogP) is 2.58. The molecule has 1 saturated heterocycles. The van der Waals surface area contributed by atoms with E-state index in [0.717, 1.165) is 28.3 Å². The molecule has 0 saturated carbocycles. The molecule has 0 bridgehead atoms. The normalized spacial score (nSPS) is 19.3. The molecule has 2 heterocycles. The van der Waals surface area contributed by atoms with Crippen LogP contribution in [0.3, 0.4) is 0 Å². The van der Waals surface area contributed by atoms with Crippen LogP contribution in [0, 0.1) is 5.92 Å². The zero-order valence-electron chi connectivity index (χ0n) is 19.1. The van der Waals surface area contributed by atoms with Crippen LogP contribution < -0.4 is 15.2 Å². The number of nitrogens with two attached hydrogens (primary N) is 1. The van der Waals surface area contributed by atoms with Crippen molar-refractivity contribution in [3.8, 4) is 11.5 Å². The van der Waals surface area contributed by atoms with Gasteiger partial charge in [-0.2, -0.15) is 5.10 Å². The number of benzene rings is 2. The van der Waals surface area contributed by atoms with Crippen LogP contribution in [0.4, 0.5) is 0 Å². The second kappa shape index (κ2) is 10.0. The Hall–Kier alpha value is -3.39. The molecule has 4 rings (SSSR count). The number of piperidine rings is 1. The summed E-state index contributed by atoms with van der Waals surface area (Å²) >= 11 is 0. The number of likely N-dealkylation sites (tertiary alicyclic amines) is 1. The Bertz CT molecular complexity index is 1050. The maximum absolute atomic E-state index is 13.5. The van der Waals surface area contributed by atoms with Crippen LogP contribution in [-0.2, 0) is 9.59 Å². The van der Waals surface area contributed by atoms with Crippen molar-refractivity contribution in [3.05, 3.63) is 59.7 Å². The average molecular weight is 451 g/mol. The Morgan fingerprint density at radius 2 is 1.64 bits per heavy atom. The molecule has 33 heavy (non-hydrogen) atoms. The number of rotatable bonds is 7. The summed E-state index contributed by atoms with van der Waals surface area (Å²) in [5, 5.41) is 6.36. The van der Waals surface area contributed by atoms with E-state index in [0.29, 0.717) is 32.4 Å². The van der Waals surface area contributed by atoms with Gasteiger partial charge in [0.05, 0.1) is 32.5 Å². The highest BCUT2D eigenvalue weighted by atomic mass is 16.5. The molecule has 8 nitrogen and oxygen atoms in total. The number of carbonyl (C=O) groups excluding carboxylic acids is 2. The molecule has 2 aliphatic rings. The number of amides is 2. The van der Waals surface area contributed by atoms with Crippen LogP contribution in [0.25, 0.3) is 0 Å². The highest BCUT2D eigenvalue weighted by Gasteiger charge is 2.36. The molecule has 1 fully saturated rings. The molecule has 2 aromatic carbocycles. The number of primary amides is 1. The van der Waals surface area contributed by atoms with Gasteiger partial charge in [-0.05, 0) is 44.1 Å². The van der Waals surface area contributed by atoms with Gasteiger partial charge in [0.2, 0.25) is 5.91 Å². The molecule has 0 radical (unpaired) electrons. The molecule has 2 aliphatic heterocycles. The lowest BCUT2D eigenvalue weighted by atomic mass is 9.96. The Kier molecular flexibility index (Phi) is 6.93. The van der Waals surface area contributed by atoms with Crippen molar-refractivity contribution in [2.24, 2.45) is 16.8 Å². The second-order valence-corrected chi connectivity index (χ2v) is 8.40. The van der Waals surface area contributed by atoms with Gasteiger partial charge in [0.15, 0.2) is 0 Å². The summed E-state index contributed by atoms with van der Waals surface area (Å²) in [6, 6.07) is 15.1. The second-order valence-electron chi connectivity index (χ2n) is 8.40. The van der Waals surface area contributed by atoms with E-state index >= 15 is 0 Å². The molecular weight excluding hydrogens is 420 g/mol. The first kappa shape index (κ1) is 22.8. The number of para-hydroxylation sites is 2. The fourth-order valence-corrected chi connectivity index (χ4v) is 4.61. The molecule has 8 heteroatoms. The van der Waals surface area contributed by atoms with Gasteiger partial charge in [0.1, 0.15) is 11.5 Å². The van der Waals surface area contributed by atoms with E-state index in [1.54, 1.807) is 19.2 Å². The molecule has 2 N–H and O–H groups in total. The maximum Gasteiger partial charge on any atom is 0.257 e. The van der Waals surface area contributed by atoms with Gasteiger partial charge in [0.25, 0.3) is 5.91 Å². The fraction of sp³-hybridized carbons (Fsp3) is 0.400. The standard InChI is InChI=1S/C25H30N4O4/c1-32-22-9-5-3-7-18(22)20-15-21(19-8-4-6-10-23(19)33-2)29(27-20)24(30)16-28-13-11-17(12-14-28)25(26)31/h3-10,17,21H,11-16H2,1-2H3,(H2,26,31). The molecule has 0 aliphatic carbocycles. The molecule has 0 aromatic heterocycles. The van der Waals surface area contributed by atoms with E-state index in [1.807, 2.05) is 48.5 Å². The summed E-state index contributed by atoms with van der Waals surface area (Å²) in [6.07, 6.45) is 1.90. The summed E-state index contributed by atoms with van der Waals surface area (Å²) in [5.74, 6) is 0.979. The van der Waals surface area contributed by atoms with E-state index in [1.165, 1.54) is 0 Å². The van der Waals surface area contributed by atoms with Crippen LogP contribution in [0.15, 0.2) is 53.6 Å². The smallest absolute Gasteiger partial charge is 0.257 e. The van der Waals surface area contributed by atoms with Crippen molar-refractivity contribution in [1.82, 2.24) is 9.91 Å². The van der Waals surface area contributed by atoms with E-state index in [9.17, 15) is 9.59 Å². The van der Waals surface area contributed by atoms with Gasteiger partial charge in [-0.25, -0.2) is 5.01 Å². The number of nitrogens with zero attached hydrogens (tertiary/aromatic N) is 3. The van der Waals surface area contributed by atoms with Gasteiger partial charge >= 0.3 is 0 Å². The number of hydrazone groups is 1. The Morgan fingerprint density at radius 3 is 2.30 bits per heavy atom. The van der Waals surface area contributed by atoms with Crippen LogP contribution in [0.1, 0.15) is 36.4 Å². The van der Waals surface area contributed by atoms with Gasteiger partial charge in [-0.15, -0.1) is 0 Å². The number of methoxy groups -OCH3 is 2. The quantitative estimate of drug-likeness (QED) is 0.699. The maximum atomic E-state index is 13.5. The molecule has 2 amide bonds. The summed E-state index contributed by atoms with van der Waals surface area (Å²) in [5.41, 5.74) is 8.02. The Balaban J connectivity index is 1.60. The zero-order valence-corrected chi connectivity index (χ0v) is 19.1. The topological polar surface area (TPSA) is 97.5 Å². The molecule has 2 aromatic rings. The lowest BCUT2D eigenvalue weighted by Gasteiger charge is -2.31. The van der Waals surface area contributed by atoms with Gasteiger partial charge < -0.3 is 15.2 Å². The monoisotopic (exact) mass is 450 g/mol. The van der Waals surface area contributed by atoms with Crippen LogP contribution >= 0.6 is 0 Å². The van der Waals surface area contributed by atoms with E-state index in [4.69, 9.17) is 20.3 Å². The van der Waals surface area contributed by atoms with Gasteiger partial charge in [-0.1, -0.05) is 30.3 Å². The third kappa shape index (κ3) is 4.85. The highest BCUT2D eigenvalue weighted by Crippen LogP contribution is 2.38. The van der Waals surface area contributed by atoms with Gasteiger partial charge in [-0.3, -0.25) is 14.5 Å². The lowest BCUT2D eigenvalue weighted by molar-refractivity contribution is -0.134. The first-order valence-corrected chi connectivity index (χ1v) is 11.2. The summed E-state index contributed by atoms with van der Waals surface area (Å²) < 4.78 is 11.1. The average Bonchev–Trinajstić information content (AvgIpc) is 3.29. The summed E-state index contributed by atoms with van der Waals surface area (Å²) in [7, 11) is 3.26. The first-order chi connectivity index (χ1) is 16.0. The third-order valence-corrected chi connectivity index (χ3v) is 6.43. The van der Waals surface area contributed by atoms with Crippen molar-refractivity contribution < 1.29 is 19.1 Å². The Morgan fingerprint density at radius 1 is 1.00 bits per heavy atom. The number of ether oxygens (including phenoxy) is 2. The number of hydrogen-bond acceptors (Lipinski definition) is 6. The van der Waals surface area contributed by atoms with Crippen molar-refractivity contribution in [2.75, 3.05) is 33.9 Å². The first-order valence-electron chi connectivity index (χ1n) is 11.2. The van der Waals surface area contributed by atoms with Gasteiger partial charge in [0, 0.05) is 23.5 Å². The van der Waals surface area contributed by atoms with Crippen LogP contribution in [-0.4, -0.2) is 61.3 Å². The molecule has 1 unspecified atom stereocenters. The van der Waals surface area contributed by atoms with Crippen molar-refractivity contribution in [2.45, 2.75) is 25.3 Å². The molecule has 0 spiro atoms. The molecule has 1 atom stereocenters. The minimum Gasteiger partial charge on any atom is -0.496 e. The predicted molar refractivity (Wildman–Crippen MR) is 125 cm³/mol. The lowest BCUT2D eigenvalue weighted by Crippen LogP contribution is -2.44. The van der Waals surface area contributed by atoms with E-state index in [2.05, 4.69) is 4.90 Å². The highest BCUT2D eigenvalue weighted by molar-refractivity contribution is 6.05. The van der Waals surface area contributed by atoms with Crippen molar-refractivity contribution >= 4 is 17.5 Å². The number of carbonyl (C=O) groups is 2. The fourth-order valence-electron chi connectivity index (χ4n) is 4.61. The largest absolute Gasteiger partial charge is 0.496 e. The zero-order chi connectivity index (χ0) is 23.4. The van der Waals surface area contributed by atoms with Crippen molar-refractivity contribution in [1.29, 1.82) is 0 Å². The summed E-state index contributed by atoms with van der Waals surface area (Å²) in [6.45, 7) is 1.56.